The maximum atomic E-state index is 8.26. The molecular formula is C12H24N2O2. The van der Waals surface area contributed by atoms with Crippen LogP contribution in [-0.2, 0) is 4.74 Å². The molecule has 0 saturated heterocycles. The normalized spacial score (nSPS) is 9.19. The van der Waals surface area contributed by atoms with Crippen LogP contribution >= 0.6 is 0 Å². The molecule has 16 heavy (non-hydrogen) atoms. The summed E-state index contributed by atoms with van der Waals surface area (Å²) >= 11 is 0. The van der Waals surface area contributed by atoms with E-state index in [1.165, 1.54) is 0 Å². The Morgan fingerprint density at radius 3 is 2.06 bits per heavy atom. The number of rotatable bonds is 9. The highest BCUT2D eigenvalue weighted by atomic mass is 16.5. The van der Waals surface area contributed by atoms with E-state index in [4.69, 9.17) is 15.7 Å². The molecule has 0 aliphatic heterocycles. The number of aliphatic hydroxyl groups excluding tert-OH is 1. The van der Waals surface area contributed by atoms with Crippen molar-refractivity contribution in [3.63, 3.8) is 0 Å². The van der Waals surface area contributed by atoms with Gasteiger partial charge in [-0.15, -0.1) is 19.7 Å². The lowest BCUT2D eigenvalue weighted by Crippen LogP contribution is -2.30. The summed E-state index contributed by atoms with van der Waals surface area (Å²) in [4.78, 5) is 0. The zero-order chi connectivity index (χ0) is 12.6. The van der Waals surface area contributed by atoms with Gasteiger partial charge in [-0.25, -0.2) is 5.01 Å². The summed E-state index contributed by atoms with van der Waals surface area (Å²) in [5.74, 6) is 5.39. The molecule has 0 aliphatic rings. The van der Waals surface area contributed by atoms with Crippen LogP contribution in [0.5, 0.6) is 0 Å². The molecule has 0 radical (unpaired) electrons. The molecule has 0 amide bonds. The average Bonchev–Trinajstić information content (AvgIpc) is 2.26. The van der Waals surface area contributed by atoms with Gasteiger partial charge < -0.3 is 9.84 Å². The lowest BCUT2D eigenvalue weighted by Gasteiger charge is -2.08. The summed E-state index contributed by atoms with van der Waals surface area (Å²) in [5.41, 5.74) is 0. The zero-order valence-electron chi connectivity index (χ0n) is 9.98. The minimum Gasteiger partial charge on any atom is -0.396 e. The molecule has 0 spiro atoms. The van der Waals surface area contributed by atoms with Crippen molar-refractivity contribution in [2.45, 2.75) is 6.42 Å². The molecule has 0 saturated carbocycles. The molecule has 0 heterocycles. The van der Waals surface area contributed by atoms with Crippen LogP contribution in [0.15, 0.2) is 38.0 Å². The fourth-order valence-corrected chi connectivity index (χ4v) is 0.739. The van der Waals surface area contributed by atoms with Gasteiger partial charge in [0.25, 0.3) is 0 Å². The highest BCUT2D eigenvalue weighted by molar-refractivity contribution is 4.76. The summed E-state index contributed by atoms with van der Waals surface area (Å²) in [7, 11) is 0. The first-order valence-electron chi connectivity index (χ1n) is 5.23. The second-order valence-corrected chi connectivity index (χ2v) is 2.97. The minimum atomic E-state index is 0.205. The first-order chi connectivity index (χ1) is 7.72. The average molecular weight is 228 g/mol. The van der Waals surface area contributed by atoms with Gasteiger partial charge in [0.1, 0.15) is 0 Å². The Morgan fingerprint density at radius 1 is 1.12 bits per heavy atom. The first-order valence-corrected chi connectivity index (χ1v) is 5.23. The molecule has 0 unspecified atom stereocenters. The molecule has 0 aliphatic carbocycles. The van der Waals surface area contributed by atoms with Crippen molar-refractivity contribution in [3.05, 3.63) is 38.0 Å². The zero-order valence-corrected chi connectivity index (χ0v) is 9.98. The van der Waals surface area contributed by atoms with Gasteiger partial charge >= 0.3 is 0 Å². The van der Waals surface area contributed by atoms with Crippen LogP contribution in [0.3, 0.4) is 0 Å². The lowest BCUT2D eigenvalue weighted by atomic mass is 10.5. The molecule has 0 aromatic carbocycles. The van der Waals surface area contributed by atoms with Crippen LogP contribution in [0.4, 0.5) is 0 Å². The Kier molecular flexibility index (Phi) is 18.0. The van der Waals surface area contributed by atoms with Crippen LogP contribution < -0.4 is 5.84 Å². The summed E-state index contributed by atoms with van der Waals surface area (Å²) in [6.07, 6.45) is 5.91. The van der Waals surface area contributed by atoms with E-state index in [-0.39, 0.29) is 6.61 Å². The summed E-state index contributed by atoms with van der Waals surface area (Å²) < 4.78 is 4.95. The Balaban J connectivity index is 0. The standard InChI is InChI=1S/C6H12N2.C6H12O2/c1-3-5-8(7)6-4-2;1-2-5-8-6-3-4-7/h3-4H,1-2,5-7H2;2,7H,1,3-6H2. The van der Waals surface area contributed by atoms with Crippen LogP contribution in [0.1, 0.15) is 6.42 Å². The van der Waals surface area contributed by atoms with E-state index in [2.05, 4.69) is 19.7 Å². The van der Waals surface area contributed by atoms with Crippen molar-refractivity contribution in [2.24, 2.45) is 5.84 Å². The predicted octanol–water partition coefficient (Wildman–Crippen LogP) is 1.11. The van der Waals surface area contributed by atoms with Gasteiger partial charge in [0.05, 0.1) is 6.61 Å². The van der Waals surface area contributed by atoms with Crippen LogP contribution in [0, 0.1) is 0 Å². The van der Waals surface area contributed by atoms with Crippen molar-refractivity contribution >= 4 is 0 Å². The van der Waals surface area contributed by atoms with Gasteiger partial charge in [-0.2, -0.15) is 0 Å². The predicted molar refractivity (Wildman–Crippen MR) is 68.9 cm³/mol. The van der Waals surface area contributed by atoms with Gasteiger partial charge in [-0.1, -0.05) is 18.2 Å². The van der Waals surface area contributed by atoms with E-state index >= 15 is 0 Å². The van der Waals surface area contributed by atoms with E-state index in [0.717, 1.165) is 0 Å². The highest BCUT2D eigenvalue weighted by Crippen LogP contribution is 1.79. The number of hydrogen-bond acceptors (Lipinski definition) is 4. The molecule has 94 valence electrons. The number of hydrazine groups is 1. The fraction of sp³-hybridized carbons (Fsp3) is 0.500. The van der Waals surface area contributed by atoms with Gasteiger partial charge in [0.2, 0.25) is 0 Å². The Hall–Kier alpha value is -0.940. The lowest BCUT2D eigenvalue weighted by molar-refractivity contribution is 0.139. The van der Waals surface area contributed by atoms with Gasteiger partial charge in [-0.3, -0.25) is 5.84 Å². The monoisotopic (exact) mass is 228 g/mol. The SMILES string of the molecule is C=CCN(N)CC=C.C=CCOCCCO. The Labute approximate surface area is 98.7 Å². The second-order valence-electron chi connectivity index (χ2n) is 2.97. The van der Waals surface area contributed by atoms with Gasteiger partial charge in [0, 0.05) is 26.3 Å². The minimum absolute atomic E-state index is 0.205. The van der Waals surface area contributed by atoms with Gasteiger partial charge in [0.15, 0.2) is 0 Å². The third-order valence-electron chi connectivity index (χ3n) is 1.41. The third kappa shape index (κ3) is 18.8. The third-order valence-corrected chi connectivity index (χ3v) is 1.41. The summed E-state index contributed by atoms with van der Waals surface area (Å²) in [5, 5.41) is 9.88. The van der Waals surface area contributed by atoms with Crippen molar-refractivity contribution < 1.29 is 9.84 Å². The number of hydrogen-bond donors (Lipinski definition) is 2. The van der Waals surface area contributed by atoms with E-state index in [1.54, 1.807) is 23.2 Å². The van der Waals surface area contributed by atoms with Crippen LogP contribution in [-0.4, -0.2) is 43.0 Å². The fourth-order valence-electron chi connectivity index (χ4n) is 0.739. The maximum absolute atomic E-state index is 8.26. The highest BCUT2D eigenvalue weighted by Gasteiger charge is 1.86. The van der Waals surface area contributed by atoms with E-state index in [1.807, 2.05) is 0 Å². The van der Waals surface area contributed by atoms with Crippen LogP contribution in [0.25, 0.3) is 0 Å². The first kappa shape index (κ1) is 17.5. The molecule has 0 bridgehead atoms. The van der Waals surface area contributed by atoms with E-state index in [9.17, 15) is 0 Å². The number of nitrogens with zero attached hydrogens (tertiary/aromatic N) is 1. The van der Waals surface area contributed by atoms with Crippen molar-refractivity contribution in [1.82, 2.24) is 5.01 Å². The van der Waals surface area contributed by atoms with Crippen molar-refractivity contribution in [2.75, 3.05) is 32.9 Å². The van der Waals surface area contributed by atoms with E-state index < -0.39 is 0 Å². The number of nitrogens with two attached hydrogens (primary N) is 1. The topological polar surface area (TPSA) is 58.7 Å². The molecule has 0 rings (SSSR count). The molecule has 4 heteroatoms. The smallest absolute Gasteiger partial charge is 0.0644 e. The summed E-state index contributed by atoms with van der Waals surface area (Å²) in [6.45, 7) is 13.4. The van der Waals surface area contributed by atoms with E-state index in [0.29, 0.717) is 32.7 Å². The summed E-state index contributed by atoms with van der Waals surface area (Å²) in [6, 6.07) is 0. The van der Waals surface area contributed by atoms with Crippen LogP contribution in [0.2, 0.25) is 0 Å². The molecule has 0 atom stereocenters. The van der Waals surface area contributed by atoms with Gasteiger partial charge in [-0.05, 0) is 6.42 Å². The van der Waals surface area contributed by atoms with Crippen molar-refractivity contribution in [3.8, 4) is 0 Å². The quantitative estimate of drug-likeness (QED) is 0.268. The molecule has 0 fully saturated rings. The Morgan fingerprint density at radius 2 is 1.69 bits per heavy atom. The largest absolute Gasteiger partial charge is 0.396 e. The second kappa shape index (κ2) is 16.5. The molecule has 3 N–H and O–H groups in total. The molecule has 0 aromatic rings. The Bertz CT molecular complexity index is 162. The number of ether oxygens (including phenoxy) is 1. The molecular weight excluding hydrogens is 204 g/mol. The maximum Gasteiger partial charge on any atom is 0.0644 e. The number of aliphatic hydroxyl groups is 1. The molecule has 4 nitrogen and oxygen atoms in total. The van der Waals surface area contributed by atoms with Crippen molar-refractivity contribution in [1.29, 1.82) is 0 Å². The molecule has 0 aromatic heterocycles.